The van der Waals surface area contributed by atoms with E-state index in [1.54, 1.807) is 12.1 Å². The Morgan fingerprint density at radius 2 is 2.29 bits per heavy atom. The van der Waals surface area contributed by atoms with Gasteiger partial charge in [-0.3, -0.25) is 9.52 Å². The number of benzene rings is 1. The van der Waals surface area contributed by atoms with Crippen molar-refractivity contribution >= 4 is 41.1 Å². The predicted molar refractivity (Wildman–Crippen MR) is 57.8 cm³/mol. The van der Waals surface area contributed by atoms with E-state index in [9.17, 15) is 9.90 Å². The summed E-state index contributed by atoms with van der Waals surface area (Å²) in [5, 5.41) is 9.77. The van der Waals surface area contributed by atoms with Gasteiger partial charge >= 0.3 is 0 Å². The van der Waals surface area contributed by atoms with E-state index < -0.39 is 0 Å². The summed E-state index contributed by atoms with van der Waals surface area (Å²) in [6.07, 6.45) is 0. The molecule has 0 atom stereocenters. The largest absolute Gasteiger partial charge is 0.507 e. The number of phenols is 1. The summed E-state index contributed by atoms with van der Waals surface area (Å²) in [6, 6.07) is 4.72. The Morgan fingerprint density at radius 1 is 1.57 bits per heavy atom. The molecule has 76 valence electrons. The number of aromatic hydroxyl groups is 1. The van der Waals surface area contributed by atoms with Crippen molar-refractivity contribution in [1.29, 1.82) is 0 Å². The highest BCUT2D eigenvalue weighted by molar-refractivity contribution is 7.98. The summed E-state index contributed by atoms with van der Waals surface area (Å²) >= 11 is 12.0. The summed E-state index contributed by atoms with van der Waals surface area (Å²) in [5.74, 6) is -0.438. The molecule has 0 heterocycles. The number of carbonyl (C=O) groups excluding carboxylic acids is 1. The lowest BCUT2D eigenvalue weighted by atomic mass is 10.3. The third kappa shape index (κ3) is 2.97. The van der Waals surface area contributed by atoms with Crippen LogP contribution >= 0.6 is 35.1 Å². The van der Waals surface area contributed by atoms with Gasteiger partial charge in [0.25, 0.3) is 0 Å². The Hall–Kier alpha value is -0.580. The van der Waals surface area contributed by atoms with E-state index in [0.717, 1.165) is 11.9 Å². The minimum atomic E-state index is -0.337. The highest BCUT2D eigenvalue weighted by Crippen LogP contribution is 2.33. The third-order valence-electron chi connectivity index (χ3n) is 1.33. The zero-order chi connectivity index (χ0) is 10.6. The van der Waals surface area contributed by atoms with Gasteiger partial charge in [0.15, 0.2) is 0 Å². The average molecular weight is 252 g/mol. The average Bonchev–Trinajstić information content (AvgIpc) is 2.16. The van der Waals surface area contributed by atoms with E-state index in [0.29, 0.717) is 9.92 Å². The predicted octanol–water partition coefficient (Wildman–Crippen LogP) is 2.41. The van der Waals surface area contributed by atoms with Crippen LogP contribution in [0.3, 0.4) is 0 Å². The first-order valence-electron chi connectivity index (χ1n) is 3.64. The topological polar surface area (TPSA) is 49.3 Å². The maximum absolute atomic E-state index is 10.8. The molecule has 0 bridgehead atoms. The van der Waals surface area contributed by atoms with Crippen LogP contribution in [0, 0.1) is 0 Å². The highest BCUT2D eigenvalue weighted by atomic mass is 35.5. The molecule has 0 spiro atoms. The summed E-state index contributed by atoms with van der Waals surface area (Å²) in [6.45, 7) is 0. The van der Waals surface area contributed by atoms with Crippen molar-refractivity contribution in [2.75, 3.05) is 5.88 Å². The Balaban J connectivity index is 2.71. The Kier molecular flexibility index (Phi) is 4.38. The Morgan fingerprint density at radius 3 is 2.86 bits per heavy atom. The summed E-state index contributed by atoms with van der Waals surface area (Å²) < 4.78 is 2.43. The van der Waals surface area contributed by atoms with Gasteiger partial charge in [0.2, 0.25) is 5.91 Å². The number of phenolic OH excluding ortho intramolecular Hbond substituents is 1. The van der Waals surface area contributed by atoms with Crippen LogP contribution in [0.25, 0.3) is 0 Å². The second kappa shape index (κ2) is 5.34. The number of rotatable bonds is 3. The molecule has 14 heavy (non-hydrogen) atoms. The number of hydrogen-bond donors (Lipinski definition) is 2. The first-order valence-corrected chi connectivity index (χ1v) is 5.37. The van der Waals surface area contributed by atoms with E-state index in [1.807, 2.05) is 0 Å². The fourth-order valence-corrected chi connectivity index (χ4v) is 1.79. The van der Waals surface area contributed by atoms with Crippen LogP contribution in [0.5, 0.6) is 5.75 Å². The standard InChI is InChI=1S/C8H7Cl2NO2S/c9-4-7(13)11-14-8-5(10)2-1-3-6(8)12/h1-3,12H,4H2,(H,11,13). The fraction of sp³-hybridized carbons (Fsp3) is 0.125. The second-order valence-electron chi connectivity index (χ2n) is 2.35. The van der Waals surface area contributed by atoms with E-state index >= 15 is 0 Å². The van der Waals surface area contributed by atoms with Crippen molar-refractivity contribution in [2.24, 2.45) is 0 Å². The molecule has 6 heteroatoms. The molecular formula is C8H7Cl2NO2S. The number of amides is 1. The van der Waals surface area contributed by atoms with Crippen LogP contribution in [0.4, 0.5) is 0 Å². The van der Waals surface area contributed by atoms with Crippen LogP contribution in [0.2, 0.25) is 5.02 Å². The zero-order valence-electron chi connectivity index (χ0n) is 6.96. The van der Waals surface area contributed by atoms with E-state index in [4.69, 9.17) is 23.2 Å². The third-order valence-corrected chi connectivity index (χ3v) is 2.97. The molecule has 0 fully saturated rings. The van der Waals surface area contributed by atoms with Crippen molar-refractivity contribution in [3.8, 4) is 5.75 Å². The van der Waals surface area contributed by atoms with Gasteiger partial charge in [-0.15, -0.1) is 11.6 Å². The van der Waals surface area contributed by atoms with Crippen molar-refractivity contribution < 1.29 is 9.90 Å². The lowest BCUT2D eigenvalue weighted by molar-refractivity contribution is -0.116. The van der Waals surface area contributed by atoms with E-state index in [1.165, 1.54) is 6.07 Å². The summed E-state index contributed by atoms with van der Waals surface area (Å²) in [4.78, 5) is 11.2. The van der Waals surface area contributed by atoms with Crippen LogP contribution < -0.4 is 4.72 Å². The molecule has 2 N–H and O–H groups in total. The SMILES string of the molecule is O=C(CCl)NSc1c(O)cccc1Cl. The van der Waals surface area contributed by atoms with Gasteiger partial charge in [-0.1, -0.05) is 17.7 Å². The lowest BCUT2D eigenvalue weighted by Crippen LogP contribution is -2.16. The lowest BCUT2D eigenvalue weighted by Gasteiger charge is -2.05. The van der Waals surface area contributed by atoms with Crippen molar-refractivity contribution in [1.82, 2.24) is 4.72 Å². The normalized spacial score (nSPS) is 9.86. The molecule has 0 aliphatic carbocycles. The smallest absolute Gasteiger partial charge is 0.244 e. The summed E-state index contributed by atoms with van der Waals surface area (Å²) in [5.41, 5.74) is 0. The number of carbonyl (C=O) groups is 1. The van der Waals surface area contributed by atoms with Gasteiger partial charge in [0.1, 0.15) is 11.6 Å². The Bertz CT molecular complexity index is 326. The number of hydrogen-bond acceptors (Lipinski definition) is 3. The molecule has 0 radical (unpaired) electrons. The minimum absolute atomic E-state index is 0.0253. The second-order valence-corrected chi connectivity index (χ2v) is 3.84. The Labute approximate surface area is 95.5 Å². The molecule has 0 saturated heterocycles. The first kappa shape index (κ1) is 11.5. The minimum Gasteiger partial charge on any atom is -0.507 e. The van der Waals surface area contributed by atoms with Gasteiger partial charge in [-0.25, -0.2) is 0 Å². The molecule has 0 aliphatic rings. The molecule has 0 aromatic heterocycles. The van der Waals surface area contributed by atoms with E-state index in [-0.39, 0.29) is 17.5 Å². The van der Waals surface area contributed by atoms with Gasteiger partial charge in [-0.05, 0) is 24.1 Å². The van der Waals surface area contributed by atoms with Gasteiger partial charge in [0.05, 0.1) is 9.92 Å². The molecule has 0 saturated carbocycles. The van der Waals surface area contributed by atoms with Crippen molar-refractivity contribution in [3.63, 3.8) is 0 Å². The number of halogens is 2. The maximum Gasteiger partial charge on any atom is 0.244 e. The quantitative estimate of drug-likeness (QED) is 0.641. The molecule has 0 aliphatic heterocycles. The molecular weight excluding hydrogens is 245 g/mol. The molecule has 1 rings (SSSR count). The van der Waals surface area contributed by atoms with Gasteiger partial charge in [0, 0.05) is 0 Å². The maximum atomic E-state index is 10.8. The summed E-state index contributed by atoms with van der Waals surface area (Å²) in [7, 11) is 0. The molecule has 1 aromatic carbocycles. The van der Waals surface area contributed by atoms with Crippen molar-refractivity contribution in [3.05, 3.63) is 23.2 Å². The van der Waals surface area contributed by atoms with Crippen LogP contribution in [0.1, 0.15) is 0 Å². The molecule has 1 amide bonds. The van der Waals surface area contributed by atoms with Gasteiger partial charge in [-0.2, -0.15) is 0 Å². The number of nitrogens with one attached hydrogen (secondary N) is 1. The zero-order valence-corrected chi connectivity index (χ0v) is 9.29. The van der Waals surface area contributed by atoms with Crippen LogP contribution in [0.15, 0.2) is 23.1 Å². The monoisotopic (exact) mass is 251 g/mol. The molecule has 3 nitrogen and oxygen atoms in total. The van der Waals surface area contributed by atoms with Crippen molar-refractivity contribution in [2.45, 2.75) is 4.90 Å². The fourth-order valence-electron chi connectivity index (χ4n) is 0.734. The highest BCUT2D eigenvalue weighted by Gasteiger charge is 2.08. The molecule has 0 unspecified atom stereocenters. The number of alkyl halides is 1. The molecule has 1 aromatic rings. The van der Waals surface area contributed by atoms with Gasteiger partial charge < -0.3 is 5.11 Å². The first-order chi connectivity index (χ1) is 6.65. The van der Waals surface area contributed by atoms with Crippen LogP contribution in [-0.2, 0) is 4.79 Å². The van der Waals surface area contributed by atoms with Crippen LogP contribution in [-0.4, -0.2) is 16.9 Å². The van der Waals surface area contributed by atoms with E-state index in [2.05, 4.69) is 4.72 Å².